The molecule has 0 fully saturated rings. The van der Waals surface area contributed by atoms with Gasteiger partial charge in [-0.2, -0.15) is 0 Å². The number of hydrogen-bond donors (Lipinski definition) is 0. The number of carbonyl (C=O) groups is 1. The standard InChI is InChI=1S/C23H27N3O4S/c1-5-26-22(14-30-19-8-6-16(2)7-9-19)24-25-23(26)31-15-18(27)12-17-13-20(28-3)10-11-21(17)29-4/h6-11,13H,5,12,14-15H2,1-4H3. The van der Waals surface area contributed by atoms with Gasteiger partial charge in [-0.15, -0.1) is 10.2 Å². The topological polar surface area (TPSA) is 75.5 Å². The second-order valence-corrected chi connectivity index (χ2v) is 7.87. The van der Waals surface area contributed by atoms with Crippen molar-refractivity contribution in [3.63, 3.8) is 0 Å². The fraction of sp³-hybridized carbons (Fsp3) is 0.348. The molecule has 1 heterocycles. The Morgan fingerprint density at radius 3 is 2.45 bits per heavy atom. The van der Waals surface area contributed by atoms with Crippen molar-refractivity contribution >= 4 is 17.5 Å². The van der Waals surface area contributed by atoms with Crippen molar-refractivity contribution in [1.82, 2.24) is 14.8 Å². The maximum absolute atomic E-state index is 12.6. The first-order valence-electron chi connectivity index (χ1n) is 10.0. The van der Waals surface area contributed by atoms with Crippen molar-refractivity contribution in [2.24, 2.45) is 0 Å². The Bertz CT molecular complexity index is 1020. The Morgan fingerprint density at radius 2 is 1.77 bits per heavy atom. The number of aromatic nitrogens is 3. The average molecular weight is 442 g/mol. The molecule has 0 aliphatic heterocycles. The zero-order chi connectivity index (χ0) is 22.2. The first-order valence-corrected chi connectivity index (χ1v) is 11.0. The lowest BCUT2D eigenvalue weighted by Crippen LogP contribution is -2.10. The SMILES string of the molecule is CCn1c(COc2ccc(C)cc2)nnc1SCC(=O)Cc1cc(OC)ccc1OC. The molecule has 3 aromatic rings. The van der Waals surface area contributed by atoms with Crippen LogP contribution in [0.2, 0.25) is 0 Å². The molecule has 2 aromatic carbocycles. The zero-order valence-electron chi connectivity index (χ0n) is 18.3. The molecule has 0 atom stereocenters. The second kappa shape index (κ2) is 10.9. The molecule has 0 bridgehead atoms. The molecule has 0 aliphatic carbocycles. The van der Waals surface area contributed by atoms with E-state index in [4.69, 9.17) is 14.2 Å². The van der Waals surface area contributed by atoms with Crippen LogP contribution in [0.1, 0.15) is 23.9 Å². The summed E-state index contributed by atoms with van der Waals surface area (Å²) in [6, 6.07) is 13.3. The summed E-state index contributed by atoms with van der Waals surface area (Å²) < 4.78 is 18.4. The van der Waals surface area contributed by atoms with E-state index in [1.165, 1.54) is 17.3 Å². The Morgan fingerprint density at radius 1 is 1.03 bits per heavy atom. The summed E-state index contributed by atoms with van der Waals surface area (Å²) in [6.07, 6.45) is 0.261. The normalized spacial score (nSPS) is 10.7. The number of methoxy groups -OCH3 is 2. The molecule has 0 radical (unpaired) electrons. The van der Waals surface area contributed by atoms with E-state index < -0.39 is 0 Å². The number of carbonyl (C=O) groups excluding carboxylic acids is 1. The molecule has 1 aromatic heterocycles. The molecule has 8 heteroatoms. The maximum Gasteiger partial charge on any atom is 0.191 e. The highest BCUT2D eigenvalue weighted by Crippen LogP contribution is 2.26. The van der Waals surface area contributed by atoms with Crippen molar-refractivity contribution < 1.29 is 19.0 Å². The van der Waals surface area contributed by atoms with Gasteiger partial charge < -0.3 is 18.8 Å². The van der Waals surface area contributed by atoms with Crippen molar-refractivity contribution in [2.45, 2.75) is 38.6 Å². The summed E-state index contributed by atoms with van der Waals surface area (Å²) in [5.74, 6) is 3.24. The molecule has 0 saturated heterocycles. The van der Waals surface area contributed by atoms with Crippen LogP contribution in [0.3, 0.4) is 0 Å². The third kappa shape index (κ3) is 6.01. The third-order valence-corrected chi connectivity index (χ3v) is 5.76. The fourth-order valence-electron chi connectivity index (χ4n) is 3.06. The summed E-state index contributed by atoms with van der Waals surface area (Å²) in [6.45, 7) is 5.07. The van der Waals surface area contributed by atoms with Gasteiger partial charge in [-0.1, -0.05) is 29.5 Å². The molecule has 31 heavy (non-hydrogen) atoms. The highest BCUT2D eigenvalue weighted by Gasteiger charge is 2.15. The van der Waals surface area contributed by atoms with Gasteiger partial charge >= 0.3 is 0 Å². The van der Waals surface area contributed by atoms with Gasteiger partial charge in [0, 0.05) is 18.5 Å². The Balaban J connectivity index is 1.60. The van der Waals surface area contributed by atoms with Crippen LogP contribution in [0.25, 0.3) is 0 Å². The van der Waals surface area contributed by atoms with E-state index in [0.29, 0.717) is 29.8 Å². The molecular weight excluding hydrogens is 414 g/mol. The van der Waals surface area contributed by atoms with Crippen molar-refractivity contribution in [3.05, 3.63) is 59.4 Å². The smallest absolute Gasteiger partial charge is 0.191 e. The van der Waals surface area contributed by atoms with Gasteiger partial charge in [0.15, 0.2) is 11.0 Å². The van der Waals surface area contributed by atoms with Gasteiger partial charge in [-0.3, -0.25) is 4.79 Å². The van der Waals surface area contributed by atoms with Crippen LogP contribution in [0, 0.1) is 6.92 Å². The molecule has 0 saturated carbocycles. The number of ketones is 1. The van der Waals surface area contributed by atoms with E-state index in [2.05, 4.69) is 10.2 Å². The second-order valence-electron chi connectivity index (χ2n) is 6.93. The molecule has 0 N–H and O–H groups in total. The van der Waals surface area contributed by atoms with Crippen molar-refractivity contribution in [2.75, 3.05) is 20.0 Å². The van der Waals surface area contributed by atoms with Gasteiger partial charge in [0.2, 0.25) is 0 Å². The van der Waals surface area contributed by atoms with E-state index in [1.54, 1.807) is 14.2 Å². The Kier molecular flexibility index (Phi) is 7.94. The van der Waals surface area contributed by atoms with E-state index in [-0.39, 0.29) is 18.0 Å². The van der Waals surface area contributed by atoms with Crippen LogP contribution >= 0.6 is 11.8 Å². The van der Waals surface area contributed by atoms with Crippen LogP contribution in [0.15, 0.2) is 47.6 Å². The van der Waals surface area contributed by atoms with Gasteiger partial charge in [0.25, 0.3) is 0 Å². The minimum Gasteiger partial charge on any atom is -0.497 e. The molecule has 7 nitrogen and oxygen atoms in total. The number of Topliss-reactive ketones (excluding diaryl/α,β-unsaturated/α-hetero) is 1. The number of rotatable bonds is 11. The molecule has 0 unspecified atom stereocenters. The number of nitrogens with zero attached hydrogens (tertiary/aromatic N) is 3. The molecule has 0 amide bonds. The van der Waals surface area contributed by atoms with E-state index in [9.17, 15) is 4.79 Å². The van der Waals surface area contributed by atoms with E-state index in [0.717, 1.165) is 17.1 Å². The maximum atomic E-state index is 12.6. The number of hydrogen-bond acceptors (Lipinski definition) is 7. The highest BCUT2D eigenvalue weighted by atomic mass is 32.2. The first kappa shape index (κ1) is 22.7. The van der Waals surface area contributed by atoms with Crippen LogP contribution in [-0.2, 0) is 24.4 Å². The number of aryl methyl sites for hydroxylation is 1. The van der Waals surface area contributed by atoms with Gasteiger partial charge in [0.05, 0.1) is 20.0 Å². The molecular formula is C23H27N3O4S. The van der Waals surface area contributed by atoms with E-state index in [1.807, 2.05) is 60.9 Å². The molecule has 0 aliphatic rings. The fourth-order valence-corrected chi connectivity index (χ4v) is 3.94. The monoisotopic (exact) mass is 441 g/mol. The summed E-state index contributed by atoms with van der Waals surface area (Å²) >= 11 is 1.38. The van der Waals surface area contributed by atoms with Gasteiger partial charge in [-0.05, 0) is 44.2 Å². The largest absolute Gasteiger partial charge is 0.497 e. The van der Waals surface area contributed by atoms with Crippen LogP contribution in [0.5, 0.6) is 17.2 Å². The average Bonchev–Trinajstić information content (AvgIpc) is 3.19. The lowest BCUT2D eigenvalue weighted by molar-refractivity contribution is -0.116. The summed E-state index contributed by atoms with van der Waals surface area (Å²) in [7, 11) is 3.19. The minimum atomic E-state index is 0.0691. The Labute approximate surface area is 186 Å². The lowest BCUT2D eigenvalue weighted by Gasteiger charge is -2.10. The first-order chi connectivity index (χ1) is 15.0. The minimum absolute atomic E-state index is 0.0691. The lowest BCUT2D eigenvalue weighted by atomic mass is 10.1. The van der Waals surface area contributed by atoms with Crippen molar-refractivity contribution in [3.8, 4) is 17.2 Å². The summed E-state index contributed by atoms with van der Waals surface area (Å²) in [4.78, 5) is 12.6. The van der Waals surface area contributed by atoms with Gasteiger partial charge in [-0.25, -0.2) is 0 Å². The number of ether oxygens (including phenoxy) is 3. The van der Waals surface area contributed by atoms with E-state index >= 15 is 0 Å². The number of thioether (sulfide) groups is 1. The molecule has 3 rings (SSSR count). The summed E-state index contributed by atoms with van der Waals surface area (Å²) in [5.41, 5.74) is 1.98. The highest BCUT2D eigenvalue weighted by molar-refractivity contribution is 7.99. The van der Waals surface area contributed by atoms with Crippen LogP contribution < -0.4 is 14.2 Å². The summed E-state index contributed by atoms with van der Waals surface area (Å²) in [5, 5.41) is 9.21. The van der Waals surface area contributed by atoms with Crippen LogP contribution in [-0.4, -0.2) is 40.5 Å². The third-order valence-electron chi connectivity index (χ3n) is 4.74. The molecule has 0 spiro atoms. The van der Waals surface area contributed by atoms with Crippen molar-refractivity contribution in [1.29, 1.82) is 0 Å². The zero-order valence-corrected chi connectivity index (χ0v) is 19.1. The number of benzene rings is 2. The predicted octanol–water partition coefficient (Wildman–Crippen LogP) is 4.11. The van der Waals surface area contributed by atoms with Crippen LogP contribution in [0.4, 0.5) is 0 Å². The molecule has 164 valence electrons. The predicted molar refractivity (Wildman–Crippen MR) is 120 cm³/mol. The quantitative estimate of drug-likeness (QED) is 0.415. The Hall–Kier alpha value is -3.00. The van der Waals surface area contributed by atoms with Gasteiger partial charge in [0.1, 0.15) is 29.6 Å².